The van der Waals surface area contributed by atoms with Crippen LogP contribution in [0.3, 0.4) is 0 Å². The van der Waals surface area contributed by atoms with Crippen LogP contribution >= 0.6 is 0 Å². The van der Waals surface area contributed by atoms with E-state index in [-0.39, 0.29) is 17.6 Å². The molecule has 30 heavy (non-hydrogen) atoms. The largest absolute Gasteiger partial charge is 0.356 e. The van der Waals surface area contributed by atoms with Crippen LogP contribution in [0.1, 0.15) is 40.3 Å². The number of carbonyl (C=O) groups excluding carboxylic acids is 1. The van der Waals surface area contributed by atoms with Crippen molar-refractivity contribution in [3.8, 4) is 11.3 Å². The van der Waals surface area contributed by atoms with Crippen LogP contribution in [0.25, 0.3) is 11.3 Å². The van der Waals surface area contributed by atoms with E-state index < -0.39 is 0 Å². The molecule has 6 nitrogen and oxygen atoms in total. The van der Waals surface area contributed by atoms with Gasteiger partial charge in [0.1, 0.15) is 5.69 Å². The first-order chi connectivity index (χ1) is 14.6. The molecule has 0 aliphatic carbocycles. The monoisotopic (exact) mass is 401 g/mol. The summed E-state index contributed by atoms with van der Waals surface area (Å²) in [5.41, 5.74) is 3.60. The Bertz CT molecular complexity index is 1100. The molecular formula is C24H23N3O3. The second-order valence-electron chi connectivity index (χ2n) is 7.41. The van der Waals surface area contributed by atoms with Crippen molar-refractivity contribution >= 4 is 5.91 Å². The van der Waals surface area contributed by atoms with E-state index in [1.165, 1.54) is 10.5 Å². The lowest BCUT2D eigenvalue weighted by Gasteiger charge is -2.12. The molecule has 0 N–H and O–H groups in total. The Labute approximate surface area is 175 Å². The standard InChI is InChI=1S/C24H23N3O3/c1-17(18-9-5-3-6-10-18)13-20-14-23(30-25-20)24(28)27(2)16-21-15-22(29-26-21)19-11-7-4-8-12-19/h3-12,14-15,17H,13,16H2,1-2H3/t17-/m0/s1. The van der Waals surface area contributed by atoms with E-state index in [4.69, 9.17) is 9.05 Å². The first kappa shape index (κ1) is 19.6. The minimum atomic E-state index is -0.245. The molecule has 0 radical (unpaired) electrons. The van der Waals surface area contributed by atoms with Crippen molar-refractivity contribution in [1.29, 1.82) is 0 Å². The summed E-state index contributed by atoms with van der Waals surface area (Å²) < 4.78 is 10.7. The Morgan fingerprint density at radius 2 is 1.60 bits per heavy atom. The Hall–Kier alpha value is -3.67. The summed E-state index contributed by atoms with van der Waals surface area (Å²) in [5.74, 6) is 0.928. The van der Waals surface area contributed by atoms with Gasteiger partial charge in [-0.2, -0.15) is 0 Å². The molecule has 6 heteroatoms. The Morgan fingerprint density at radius 3 is 2.33 bits per heavy atom. The number of amides is 1. The molecule has 1 atom stereocenters. The fraction of sp³-hybridized carbons (Fsp3) is 0.208. The Kier molecular flexibility index (Phi) is 5.75. The minimum Gasteiger partial charge on any atom is -0.356 e. The summed E-state index contributed by atoms with van der Waals surface area (Å²) in [6.45, 7) is 2.44. The molecular weight excluding hydrogens is 378 g/mol. The van der Waals surface area contributed by atoms with Crippen molar-refractivity contribution in [2.75, 3.05) is 7.05 Å². The number of benzene rings is 2. The highest BCUT2D eigenvalue weighted by Gasteiger charge is 2.20. The normalized spacial score (nSPS) is 11.9. The highest BCUT2D eigenvalue weighted by molar-refractivity contribution is 5.91. The molecule has 0 bridgehead atoms. The van der Waals surface area contributed by atoms with Gasteiger partial charge in [-0.05, 0) is 17.9 Å². The molecule has 0 aliphatic rings. The van der Waals surface area contributed by atoms with Gasteiger partial charge in [0.2, 0.25) is 5.76 Å². The lowest BCUT2D eigenvalue weighted by atomic mass is 9.96. The third kappa shape index (κ3) is 4.49. The second-order valence-corrected chi connectivity index (χ2v) is 7.41. The van der Waals surface area contributed by atoms with E-state index in [1.807, 2.05) is 54.6 Å². The summed E-state index contributed by atoms with van der Waals surface area (Å²) in [5, 5.41) is 8.15. The van der Waals surface area contributed by atoms with E-state index in [9.17, 15) is 4.79 Å². The molecule has 0 saturated heterocycles. The third-order valence-electron chi connectivity index (χ3n) is 5.02. The van der Waals surface area contributed by atoms with E-state index in [0.29, 0.717) is 24.4 Å². The van der Waals surface area contributed by atoms with Gasteiger partial charge in [0.25, 0.3) is 5.91 Å². The number of carbonyl (C=O) groups is 1. The molecule has 0 saturated carbocycles. The van der Waals surface area contributed by atoms with Crippen LogP contribution in [0.15, 0.2) is 81.8 Å². The number of hydrogen-bond acceptors (Lipinski definition) is 5. The molecule has 152 valence electrons. The average molecular weight is 401 g/mol. The van der Waals surface area contributed by atoms with Gasteiger partial charge in [0.05, 0.1) is 12.2 Å². The number of rotatable bonds is 7. The van der Waals surface area contributed by atoms with E-state index in [1.54, 1.807) is 13.1 Å². The molecule has 2 aromatic carbocycles. The quantitative estimate of drug-likeness (QED) is 0.438. The van der Waals surface area contributed by atoms with E-state index >= 15 is 0 Å². The van der Waals surface area contributed by atoms with Crippen LogP contribution < -0.4 is 0 Å². The van der Waals surface area contributed by atoms with Crippen molar-refractivity contribution in [3.63, 3.8) is 0 Å². The van der Waals surface area contributed by atoms with Gasteiger partial charge in [0.15, 0.2) is 5.76 Å². The van der Waals surface area contributed by atoms with Gasteiger partial charge in [-0.3, -0.25) is 4.79 Å². The Morgan fingerprint density at radius 1 is 0.933 bits per heavy atom. The fourth-order valence-electron chi connectivity index (χ4n) is 3.35. The van der Waals surface area contributed by atoms with Crippen LogP contribution in [-0.4, -0.2) is 28.2 Å². The molecule has 0 aliphatic heterocycles. The molecule has 2 heterocycles. The van der Waals surface area contributed by atoms with Crippen LogP contribution in [0, 0.1) is 0 Å². The topological polar surface area (TPSA) is 72.4 Å². The number of nitrogens with zero attached hydrogens (tertiary/aromatic N) is 3. The summed E-state index contributed by atoms with van der Waals surface area (Å²) in [6, 6.07) is 23.5. The minimum absolute atomic E-state index is 0.222. The first-order valence-corrected chi connectivity index (χ1v) is 9.87. The van der Waals surface area contributed by atoms with Gasteiger partial charge < -0.3 is 13.9 Å². The summed E-state index contributed by atoms with van der Waals surface area (Å²) in [6.07, 6.45) is 0.703. The van der Waals surface area contributed by atoms with Crippen molar-refractivity contribution < 1.29 is 13.8 Å². The maximum atomic E-state index is 12.7. The van der Waals surface area contributed by atoms with Crippen molar-refractivity contribution in [3.05, 3.63) is 95.5 Å². The maximum Gasteiger partial charge on any atom is 0.292 e. The second kappa shape index (κ2) is 8.78. The van der Waals surface area contributed by atoms with Crippen LogP contribution in [0.5, 0.6) is 0 Å². The molecule has 2 aromatic heterocycles. The van der Waals surface area contributed by atoms with Gasteiger partial charge in [0, 0.05) is 24.7 Å². The molecule has 4 rings (SSSR count). The van der Waals surface area contributed by atoms with E-state index in [0.717, 1.165) is 11.3 Å². The zero-order valence-corrected chi connectivity index (χ0v) is 17.0. The molecule has 0 unspecified atom stereocenters. The van der Waals surface area contributed by atoms with E-state index in [2.05, 4.69) is 29.4 Å². The highest BCUT2D eigenvalue weighted by atomic mass is 16.5. The van der Waals surface area contributed by atoms with Crippen LogP contribution in [0.2, 0.25) is 0 Å². The van der Waals surface area contributed by atoms with Gasteiger partial charge in [-0.15, -0.1) is 0 Å². The maximum absolute atomic E-state index is 12.7. The lowest BCUT2D eigenvalue weighted by Crippen LogP contribution is -2.25. The fourth-order valence-corrected chi connectivity index (χ4v) is 3.35. The molecule has 4 aromatic rings. The van der Waals surface area contributed by atoms with Crippen molar-refractivity contribution in [1.82, 2.24) is 15.2 Å². The van der Waals surface area contributed by atoms with Crippen molar-refractivity contribution in [2.24, 2.45) is 0 Å². The van der Waals surface area contributed by atoms with Crippen molar-refractivity contribution in [2.45, 2.75) is 25.8 Å². The predicted octanol–water partition coefficient (Wildman–Crippen LogP) is 4.95. The summed E-state index contributed by atoms with van der Waals surface area (Å²) >= 11 is 0. The summed E-state index contributed by atoms with van der Waals surface area (Å²) in [4.78, 5) is 14.3. The summed E-state index contributed by atoms with van der Waals surface area (Å²) in [7, 11) is 1.70. The zero-order chi connectivity index (χ0) is 20.9. The third-order valence-corrected chi connectivity index (χ3v) is 5.02. The highest BCUT2D eigenvalue weighted by Crippen LogP contribution is 2.22. The lowest BCUT2D eigenvalue weighted by molar-refractivity contribution is 0.0740. The van der Waals surface area contributed by atoms with Crippen LogP contribution in [-0.2, 0) is 13.0 Å². The van der Waals surface area contributed by atoms with Gasteiger partial charge >= 0.3 is 0 Å². The predicted molar refractivity (Wildman–Crippen MR) is 113 cm³/mol. The van der Waals surface area contributed by atoms with Gasteiger partial charge in [-0.25, -0.2) is 0 Å². The van der Waals surface area contributed by atoms with Crippen LogP contribution in [0.4, 0.5) is 0 Å². The molecule has 1 amide bonds. The molecule has 0 fully saturated rings. The molecule has 0 spiro atoms. The Balaban J connectivity index is 1.38. The SMILES string of the molecule is C[C@@H](Cc1cc(C(=O)N(C)Cc2cc(-c3ccccc3)on2)on1)c1ccccc1. The first-order valence-electron chi connectivity index (χ1n) is 9.87. The smallest absolute Gasteiger partial charge is 0.292 e. The zero-order valence-electron chi connectivity index (χ0n) is 17.0. The number of hydrogen-bond donors (Lipinski definition) is 0. The van der Waals surface area contributed by atoms with Gasteiger partial charge in [-0.1, -0.05) is 77.9 Å². The average Bonchev–Trinajstić information content (AvgIpc) is 3.44. The number of aromatic nitrogens is 2.